The molecule has 1 atom stereocenters. The van der Waals surface area contributed by atoms with E-state index in [0.717, 1.165) is 0 Å². The zero-order valence-electron chi connectivity index (χ0n) is 13.1. The molecule has 0 radical (unpaired) electrons. The van der Waals surface area contributed by atoms with Crippen molar-refractivity contribution >= 4 is 21.8 Å². The zero-order valence-corrected chi connectivity index (χ0v) is 13.9. The van der Waals surface area contributed by atoms with Crippen LogP contribution in [-0.2, 0) is 19.6 Å². The van der Waals surface area contributed by atoms with Crippen LogP contribution >= 0.6 is 0 Å². The Labute approximate surface area is 126 Å². The van der Waals surface area contributed by atoms with Gasteiger partial charge in [0.2, 0.25) is 21.8 Å². The van der Waals surface area contributed by atoms with Gasteiger partial charge in [-0.05, 0) is 27.7 Å². The van der Waals surface area contributed by atoms with Crippen LogP contribution in [-0.4, -0.2) is 56.1 Å². The summed E-state index contributed by atoms with van der Waals surface area (Å²) < 4.78 is 24.8. The normalized spacial score (nSPS) is 19.9. The largest absolute Gasteiger partial charge is 0.354 e. The predicted octanol–water partition coefficient (Wildman–Crippen LogP) is -0.311. The summed E-state index contributed by atoms with van der Waals surface area (Å²) in [6, 6.07) is 0. The highest BCUT2D eigenvalue weighted by molar-refractivity contribution is 7.89. The highest BCUT2D eigenvalue weighted by Crippen LogP contribution is 2.25. The summed E-state index contributed by atoms with van der Waals surface area (Å²) in [5.74, 6) is -0.571. The molecule has 1 fully saturated rings. The zero-order chi connectivity index (χ0) is 16.3. The molecule has 2 N–H and O–H groups in total. The lowest BCUT2D eigenvalue weighted by Crippen LogP contribution is -2.43. The fourth-order valence-electron chi connectivity index (χ4n) is 2.17. The van der Waals surface area contributed by atoms with Gasteiger partial charge in [-0.15, -0.1) is 0 Å². The Morgan fingerprint density at radius 3 is 2.43 bits per heavy atom. The number of hydrogen-bond acceptors (Lipinski definition) is 4. The summed E-state index contributed by atoms with van der Waals surface area (Å²) in [5, 5.41) is 2.67. The summed E-state index contributed by atoms with van der Waals surface area (Å²) >= 11 is 0. The first-order valence-corrected chi connectivity index (χ1v) is 8.77. The number of sulfonamides is 1. The minimum Gasteiger partial charge on any atom is -0.354 e. The second-order valence-electron chi connectivity index (χ2n) is 6.16. The van der Waals surface area contributed by atoms with Crippen molar-refractivity contribution in [1.82, 2.24) is 14.9 Å². The first-order valence-electron chi connectivity index (χ1n) is 7.12. The fraction of sp³-hybridized carbons (Fsp3) is 0.846. The Morgan fingerprint density at radius 2 is 1.95 bits per heavy atom. The first kappa shape index (κ1) is 17.9. The minimum atomic E-state index is -3.24. The van der Waals surface area contributed by atoms with E-state index in [9.17, 15) is 18.0 Å². The number of amides is 2. The van der Waals surface area contributed by atoms with Gasteiger partial charge in [-0.3, -0.25) is 9.59 Å². The third-order valence-corrected chi connectivity index (χ3v) is 4.84. The molecular weight excluding hydrogens is 294 g/mol. The molecule has 7 nitrogen and oxygen atoms in total. The Balaban J connectivity index is 2.39. The molecule has 1 heterocycles. The molecule has 21 heavy (non-hydrogen) atoms. The van der Waals surface area contributed by atoms with E-state index in [-0.39, 0.29) is 48.5 Å². The van der Waals surface area contributed by atoms with Crippen molar-refractivity contribution in [3.63, 3.8) is 0 Å². The number of nitrogens with zero attached hydrogens (tertiary/aromatic N) is 1. The van der Waals surface area contributed by atoms with Crippen LogP contribution in [0, 0.1) is 5.92 Å². The maximum absolute atomic E-state index is 12.0. The van der Waals surface area contributed by atoms with Crippen molar-refractivity contribution in [2.24, 2.45) is 5.92 Å². The van der Waals surface area contributed by atoms with E-state index in [1.54, 1.807) is 11.8 Å². The predicted molar refractivity (Wildman–Crippen MR) is 80.0 cm³/mol. The summed E-state index contributed by atoms with van der Waals surface area (Å²) in [5.41, 5.74) is -0.289. The number of likely N-dealkylation sites (tertiary alicyclic amines) is 1. The van der Waals surface area contributed by atoms with E-state index < -0.39 is 10.0 Å². The van der Waals surface area contributed by atoms with E-state index in [1.807, 2.05) is 20.8 Å². The maximum Gasteiger partial charge on any atom is 0.225 e. The molecule has 0 saturated carbocycles. The molecule has 1 rings (SSSR count). The van der Waals surface area contributed by atoms with Crippen molar-refractivity contribution < 1.29 is 18.0 Å². The summed E-state index contributed by atoms with van der Waals surface area (Å²) in [6.07, 6.45) is 0.212. The fourth-order valence-corrected chi connectivity index (χ4v) is 2.79. The van der Waals surface area contributed by atoms with Gasteiger partial charge in [-0.25, -0.2) is 13.1 Å². The van der Waals surface area contributed by atoms with E-state index in [4.69, 9.17) is 0 Å². The number of carbonyl (C=O) groups is 2. The Kier molecular flexibility index (Phi) is 5.75. The molecule has 1 aliphatic heterocycles. The SMILES string of the molecule is CCS(=O)(=O)NCCNC(=O)C1CC(=O)N(C(C)(C)C)C1. The third kappa shape index (κ3) is 5.28. The van der Waals surface area contributed by atoms with Gasteiger partial charge in [0.25, 0.3) is 0 Å². The Bertz CT molecular complexity index is 496. The topological polar surface area (TPSA) is 95.6 Å². The van der Waals surface area contributed by atoms with Crippen LogP contribution < -0.4 is 10.0 Å². The lowest BCUT2D eigenvalue weighted by Gasteiger charge is -2.31. The van der Waals surface area contributed by atoms with Gasteiger partial charge in [0.1, 0.15) is 0 Å². The van der Waals surface area contributed by atoms with Crippen LogP contribution in [0.5, 0.6) is 0 Å². The van der Waals surface area contributed by atoms with E-state index in [2.05, 4.69) is 10.0 Å². The lowest BCUT2D eigenvalue weighted by molar-refractivity contribution is -0.132. The number of hydrogen-bond donors (Lipinski definition) is 2. The molecule has 0 aromatic heterocycles. The van der Waals surface area contributed by atoms with Gasteiger partial charge in [0.15, 0.2) is 0 Å². The summed E-state index contributed by atoms with van der Waals surface area (Å²) in [7, 11) is -3.24. The number of carbonyl (C=O) groups excluding carboxylic acids is 2. The lowest BCUT2D eigenvalue weighted by atomic mass is 10.1. The molecule has 2 amide bonds. The average molecular weight is 319 g/mol. The third-order valence-electron chi connectivity index (χ3n) is 3.43. The second-order valence-corrected chi connectivity index (χ2v) is 8.26. The van der Waals surface area contributed by atoms with Gasteiger partial charge in [0, 0.05) is 31.6 Å². The van der Waals surface area contributed by atoms with Crippen LogP contribution in [0.4, 0.5) is 0 Å². The van der Waals surface area contributed by atoms with Crippen LogP contribution in [0.15, 0.2) is 0 Å². The molecule has 1 saturated heterocycles. The van der Waals surface area contributed by atoms with Crippen LogP contribution in [0.25, 0.3) is 0 Å². The maximum atomic E-state index is 12.0. The second kappa shape index (κ2) is 6.74. The molecule has 1 unspecified atom stereocenters. The summed E-state index contributed by atoms with van der Waals surface area (Å²) in [4.78, 5) is 25.6. The quantitative estimate of drug-likeness (QED) is 0.656. The van der Waals surface area contributed by atoms with Crippen LogP contribution in [0.2, 0.25) is 0 Å². The molecule has 122 valence electrons. The summed E-state index contributed by atoms with van der Waals surface area (Å²) in [6.45, 7) is 8.14. The van der Waals surface area contributed by atoms with Crippen LogP contribution in [0.3, 0.4) is 0 Å². The van der Waals surface area contributed by atoms with E-state index in [1.165, 1.54) is 0 Å². The molecule has 8 heteroatoms. The molecule has 1 aliphatic rings. The van der Waals surface area contributed by atoms with Crippen molar-refractivity contribution in [1.29, 1.82) is 0 Å². The first-order chi connectivity index (χ1) is 9.57. The van der Waals surface area contributed by atoms with Gasteiger partial charge in [-0.1, -0.05) is 0 Å². The molecule has 0 aliphatic carbocycles. The molecule has 0 bridgehead atoms. The highest BCUT2D eigenvalue weighted by Gasteiger charge is 2.39. The monoisotopic (exact) mass is 319 g/mol. The molecular formula is C13H25N3O4S. The number of nitrogens with one attached hydrogen (secondary N) is 2. The van der Waals surface area contributed by atoms with Crippen LogP contribution in [0.1, 0.15) is 34.1 Å². The molecule has 0 spiro atoms. The van der Waals surface area contributed by atoms with Crippen molar-refractivity contribution in [3.8, 4) is 0 Å². The van der Waals surface area contributed by atoms with Gasteiger partial charge in [-0.2, -0.15) is 0 Å². The Hall–Kier alpha value is -1.15. The average Bonchev–Trinajstić information content (AvgIpc) is 2.76. The van der Waals surface area contributed by atoms with E-state index >= 15 is 0 Å². The van der Waals surface area contributed by atoms with Crippen molar-refractivity contribution in [2.45, 2.75) is 39.7 Å². The van der Waals surface area contributed by atoms with Gasteiger partial charge in [0.05, 0.1) is 11.7 Å². The van der Waals surface area contributed by atoms with Gasteiger partial charge < -0.3 is 10.2 Å². The molecule has 0 aromatic carbocycles. The van der Waals surface area contributed by atoms with Crippen molar-refractivity contribution in [2.75, 3.05) is 25.4 Å². The number of rotatable bonds is 6. The Morgan fingerprint density at radius 1 is 1.33 bits per heavy atom. The highest BCUT2D eigenvalue weighted by atomic mass is 32.2. The molecule has 0 aromatic rings. The van der Waals surface area contributed by atoms with Gasteiger partial charge >= 0.3 is 0 Å². The standard InChI is InChI=1S/C13H25N3O4S/c1-5-21(19,20)15-7-6-14-12(18)10-8-11(17)16(9-10)13(2,3)4/h10,15H,5-9H2,1-4H3,(H,14,18). The van der Waals surface area contributed by atoms with E-state index in [0.29, 0.717) is 6.54 Å². The smallest absolute Gasteiger partial charge is 0.225 e. The van der Waals surface area contributed by atoms with Crippen molar-refractivity contribution in [3.05, 3.63) is 0 Å². The minimum absolute atomic E-state index is 0.0125.